The monoisotopic (exact) mass is 316 g/mol. The van der Waals surface area contributed by atoms with Gasteiger partial charge in [-0.25, -0.2) is 0 Å². The Morgan fingerprint density at radius 1 is 1.04 bits per heavy atom. The number of hydrogen-bond acceptors (Lipinski definition) is 4. The molecule has 1 aromatic rings. The molecule has 0 unspecified atom stereocenters. The average molecular weight is 316 g/mol. The van der Waals surface area contributed by atoms with Gasteiger partial charge in [0.25, 0.3) is 0 Å². The fourth-order valence-corrected chi connectivity index (χ4v) is 4.32. The van der Waals surface area contributed by atoms with Crippen molar-refractivity contribution < 1.29 is 9.47 Å². The Morgan fingerprint density at radius 3 is 2.70 bits per heavy atom. The van der Waals surface area contributed by atoms with Crippen molar-refractivity contribution in [3.8, 4) is 11.5 Å². The quantitative estimate of drug-likeness (QED) is 0.855. The van der Waals surface area contributed by atoms with E-state index < -0.39 is 0 Å². The summed E-state index contributed by atoms with van der Waals surface area (Å²) in [6.45, 7) is 8.60. The van der Waals surface area contributed by atoms with Gasteiger partial charge in [0.05, 0.1) is 0 Å². The molecular weight excluding hydrogens is 288 g/mol. The summed E-state index contributed by atoms with van der Waals surface area (Å²) in [6, 6.07) is 7.18. The number of nitrogens with zero attached hydrogens (tertiary/aromatic N) is 2. The molecule has 1 saturated heterocycles. The summed E-state index contributed by atoms with van der Waals surface area (Å²) in [7, 11) is 0. The SMILES string of the molecule is C[C@H]1CCC[C@H](N2CCN(Cc3ccc4c(c3)OCO4)CC2)C1. The van der Waals surface area contributed by atoms with Crippen LogP contribution >= 0.6 is 0 Å². The Labute approximate surface area is 139 Å². The van der Waals surface area contributed by atoms with Crippen LogP contribution in [0, 0.1) is 5.92 Å². The van der Waals surface area contributed by atoms with Crippen LogP contribution in [0.5, 0.6) is 11.5 Å². The van der Waals surface area contributed by atoms with E-state index in [9.17, 15) is 0 Å². The van der Waals surface area contributed by atoms with E-state index >= 15 is 0 Å². The summed E-state index contributed by atoms with van der Waals surface area (Å²) in [5.74, 6) is 2.70. The molecule has 1 aromatic carbocycles. The highest BCUT2D eigenvalue weighted by Gasteiger charge is 2.27. The minimum Gasteiger partial charge on any atom is -0.454 e. The second-order valence-corrected chi connectivity index (χ2v) is 7.43. The first-order chi connectivity index (χ1) is 11.3. The van der Waals surface area contributed by atoms with Gasteiger partial charge < -0.3 is 9.47 Å². The highest BCUT2D eigenvalue weighted by atomic mass is 16.7. The van der Waals surface area contributed by atoms with Crippen molar-refractivity contribution in [1.29, 1.82) is 0 Å². The second kappa shape index (κ2) is 6.70. The zero-order valence-electron chi connectivity index (χ0n) is 14.2. The molecule has 3 aliphatic rings. The number of benzene rings is 1. The van der Waals surface area contributed by atoms with E-state index in [0.29, 0.717) is 6.79 Å². The van der Waals surface area contributed by atoms with Gasteiger partial charge >= 0.3 is 0 Å². The van der Waals surface area contributed by atoms with Crippen molar-refractivity contribution in [2.45, 2.75) is 45.2 Å². The lowest BCUT2D eigenvalue weighted by molar-refractivity contribution is 0.0659. The van der Waals surface area contributed by atoms with Crippen LogP contribution in [-0.4, -0.2) is 48.8 Å². The van der Waals surface area contributed by atoms with Crippen LogP contribution in [0.25, 0.3) is 0 Å². The fourth-order valence-electron chi connectivity index (χ4n) is 4.32. The topological polar surface area (TPSA) is 24.9 Å². The van der Waals surface area contributed by atoms with Crippen LogP contribution in [-0.2, 0) is 6.54 Å². The third-order valence-corrected chi connectivity index (χ3v) is 5.68. The van der Waals surface area contributed by atoms with Gasteiger partial charge in [0, 0.05) is 38.8 Å². The predicted molar refractivity (Wildman–Crippen MR) is 90.8 cm³/mol. The van der Waals surface area contributed by atoms with Crippen LogP contribution in [0.1, 0.15) is 38.2 Å². The first kappa shape index (κ1) is 15.3. The van der Waals surface area contributed by atoms with Gasteiger partial charge in [0.2, 0.25) is 6.79 Å². The number of ether oxygens (including phenoxy) is 2. The maximum Gasteiger partial charge on any atom is 0.231 e. The van der Waals surface area contributed by atoms with Gasteiger partial charge in [0.15, 0.2) is 11.5 Å². The predicted octanol–water partition coefficient (Wildman–Crippen LogP) is 3.11. The molecule has 23 heavy (non-hydrogen) atoms. The van der Waals surface area contributed by atoms with E-state index in [4.69, 9.17) is 9.47 Å². The lowest BCUT2D eigenvalue weighted by Gasteiger charge is -2.42. The number of rotatable bonds is 3. The van der Waals surface area contributed by atoms with Gasteiger partial charge in [-0.15, -0.1) is 0 Å². The highest BCUT2D eigenvalue weighted by molar-refractivity contribution is 5.44. The minimum atomic E-state index is 0.358. The summed E-state index contributed by atoms with van der Waals surface area (Å²) in [5, 5.41) is 0. The molecule has 2 fully saturated rings. The van der Waals surface area contributed by atoms with E-state index in [1.54, 1.807) is 0 Å². The first-order valence-electron chi connectivity index (χ1n) is 9.13. The maximum atomic E-state index is 5.49. The highest BCUT2D eigenvalue weighted by Crippen LogP contribution is 2.33. The van der Waals surface area contributed by atoms with Crippen molar-refractivity contribution in [3.63, 3.8) is 0 Å². The van der Waals surface area contributed by atoms with E-state index in [2.05, 4.69) is 28.9 Å². The lowest BCUT2D eigenvalue weighted by Crippen LogP contribution is -2.50. The summed E-state index contributed by atoms with van der Waals surface area (Å²) in [5.41, 5.74) is 1.33. The van der Waals surface area contributed by atoms with Crippen molar-refractivity contribution in [2.75, 3.05) is 33.0 Å². The third kappa shape index (κ3) is 3.48. The molecule has 0 N–H and O–H groups in total. The van der Waals surface area contributed by atoms with Crippen molar-refractivity contribution in [3.05, 3.63) is 23.8 Å². The molecule has 0 amide bonds. The Balaban J connectivity index is 1.30. The molecule has 1 aliphatic carbocycles. The van der Waals surface area contributed by atoms with Crippen LogP contribution in [0.4, 0.5) is 0 Å². The van der Waals surface area contributed by atoms with Crippen LogP contribution in [0.2, 0.25) is 0 Å². The smallest absolute Gasteiger partial charge is 0.231 e. The fraction of sp³-hybridized carbons (Fsp3) is 0.684. The lowest BCUT2D eigenvalue weighted by atomic mass is 9.86. The van der Waals surface area contributed by atoms with E-state index in [1.807, 2.05) is 6.07 Å². The zero-order chi connectivity index (χ0) is 15.6. The normalized spacial score (nSPS) is 28.9. The standard InChI is InChI=1S/C19H28N2O2/c1-15-3-2-4-17(11-15)21-9-7-20(8-10-21)13-16-5-6-18-19(12-16)23-14-22-18/h5-6,12,15,17H,2-4,7-11,13-14H2,1H3/t15-,17-/m0/s1. The second-order valence-electron chi connectivity index (χ2n) is 7.43. The molecule has 2 aliphatic heterocycles. The average Bonchev–Trinajstić information content (AvgIpc) is 3.03. The summed E-state index contributed by atoms with van der Waals surface area (Å²) >= 11 is 0. The molecule has 126 valence electrons. The minimum absolute atomic E-state index is 0.358. The first-order valence-corrected chi connectivity index (χ1v) is 9.13. The van der Waals surface area contributed by atoms with Gasteiger partial charge in [-0.1, -0.05) is 25.8 Å². The molecule has 0 radical (unpaired) electrons. The van der Waals surface area contributed by atoms with E-state index in [0.717, 1.165) is 30.0 Å². The Bertz CT molecular complexity index is 540. The Hall–Kier alpha value is -1.26. The number of hydrogen-bond donors (Lipinski definition) is 0. The zero-order valence-corrected chi connectivity index (χ0v) is 14.2. The summed E-state index contributed by atoms with van der Waals surface area (Å²) in [4.78, 5) is 5.31. The Morgan fingerprint density at radius 2 is 1.87 bits per heavy atom. The van der Waals surface area contributed by atoms with Gasteiger partial charge in [-0.05, 0) is 36.5 Å². The van der Waals surface area contributed by atoms with Gasteiger partial charge in [-0.2, -0.15) is 0 Å². The largest absolute Gasteiger partial charge is 0.454 e. The van der Waals surface area contributed by atoms with Crippen LogP contribution in [0.3, 0.4) is 0 Å². The van der Waals surface area contributed by atoms with Gasteiger partial charge in [0.1, 0.15) is 0 Å². The molecule has 4 nitrogen and oxygen atoms in total. The molecule has 2 atom stereocenters. The molecule has 1 saturated carbocycles. The molecule has 4 rings (SSSR count). The van der Waals surface area contributed by atoms with Crippen molar-refractivity contribution in [1.82, 2.24) is 9.80 Å². The number of fused-ring (bicyclic) bond motifs is 1. The van der Waals surface area contributed by atoms with Crippen molar-refractivity contribution >= 4 is 0 Å². The van der Waals surface area contributed by atoms with E-state index in [1.165, 1.54) is 57.4 Å². The van der Waals surface area contributed by atoms with Crippen molar-refractivity contribution in [2.24, 2.45) is 5.92 Å². The number of piperazine rings is 1. The van der Waals surface area contributed by atoms with Crippen LogP contribution < -0.4 is 9.47 Å². The molecule has 2 heterocycles. The van der Waals surface area contributed by atoms with E-state index in [-0.39, 0.29) is 0 Å². The molecule has 0 aromatic heterocycles. The maximum absolute atomic E-state index is 5.49. The summed E-state index contributed by atoms with van der Waals surface area (Å²) < 4.78 is 10.9. The molecular formula is C19H28N2O2. The Kier molecular flexibility index (Phi) is 4.45. The molecule has 0 bridgehead atoms. The summed E-state index contributed by atoms with van der Waals surface area (Å²) in [6.07, 6.45) is 5.67. The van der Waals surface area contributed by atoms with Gasteiger partial charge in [-0.3, -0.25) is 9.80 Å². The third-order valence-electron chi connectivity index (χ3n) is 5.68. The molecule has 0 spiro atoms. The molecule has 4 heteroatoms. The van der Waals surface area contributed by atoms with Crippen LogP contribution in [0.15, 0.2) is 18.2 Å².